The Labute approximate surface area is 146 Å². The summed E-state index contributed by atoms with van der Waals surface area (Å²) in [6.45, 7) is -0.0558. The predicted molar refractivity (Wildman–Crippen MR) is 96.1 cm³/mol. The number of amides is 1. The van der Waals surface area contributed by atoms with Gasteiger partial charge in [0.05, 0.1) is 12.8 Å². The zero-order valence-corrected chi connectivity index (χ0v) is 14.1. The van der Waals surface area contributed by atoms with Gasteiger partial charge in [0.1, 0.15) is 6.07 Å². The number of anilines is 1. The molecule has 25 heavy (non-hydrogen) atoms. The van der Waals surface area contributed by atoms with Crippen LogP contribution in [0.15, 0.2) is 54.6 Å². The molecule has 0 bridgehead atoms. The lowest BCUT2D eigenvalue weighted by molar-refractivity contribution is -0.116. The molecule has 6 nitrogen and oxygen atoms in total. The standard InChI is InChI=1S/C19H19N3O3/c1-22(16-6-4-3-5-7-16)21-19(23)11-9-15-8-10-17(25-13-12-20)18(14-15)24-2/h3-11,14H,13H2,1-2H3,(H,21,23)/b11-9+. The fourth-order valence-corrected chi connectivity index (χ4v) is 2.11. The Morgan fingerprint density at radius 1 is 1.24 bits per heavy atom. The van der Waals surface area contributed by atoms with Gasteiger partial charge in [0.2, 0.25) is 0 Å². The highest BCUT2D eigenvalue weighted by atomic mass is 16.5. The van der Waals surface area contributed by atoms with Crippen molar-refractivity contribution < 1.29 is 14.3 Å². The van der Waals surface area contributed by atoms with E-state index in [1.54, 1.807) is 36.3 Å². The SMILES string of the molecule is COc1cc(/C=C/C(=O)NN(C)c2ccccc2)ccc1OCC#N. The number of nitriles is 1. The van der Waals surface area contributed by atoms with E-state index in [9.17, 15) is 4.79 Å². The maximum Gasteiger partial charge on any atom is 0.262 e. The lowest BCUT2D eigenvalue weighted by Crippen LogP contribution is -2.38. The van der Waals surface area contributed by atoms with Crippen LogP contribution in [0.3, 0.4) is 0 Å². The first-order valence-corrected chi connectivity index (χ1v) is 7.59. The minimum atomic E-state index is -0.255. The number of nitrogens with one attached hydrogen (secondary N) is 1. The van der Waals surface area contributed by atoms with Gasteiger partial charge in [-0.25, -0.2) is 0 Å². The van der Waals surface area contributed by atoms with Gasteiger partial charge < -0.3 is 9.47 Å². The molecule has 6 heteroatoms. The van der Waals surface area contributed by atoms with Crippen LogP contribution in [0.5, 0.6) is 11.5 Å². The maximum absolute atomic E-state index is 12.0. The monoisotopic (exact) mass is 337 g/mol. The van der Waals surface area contributed by atoms with Crippen LogP contribution in [-0.2, 0) is 4.79 Å². The lowest BCUT2D eigenvalue weighted by atomic mass is 10.2. The van der Waals surface area contributed by atoms with Gasteiger partial charge in [-0.05, 0) is 35.9 Å². The van der Waals surface area contributed by atoms with Gasteiger partial charge in [0.15, 0.2) is 18.1 Å². The summed E-state index contributed by atoms with van der Waals surface area (Å²) in [4.78, 5) is 12.0. The summed E-state index contributed by atoms with van der Waals surface area (Å²) in [5.74, 6) is 0.726. The van der Waals surface area contributed by atoms with Crippen LogP contribution in [0, 0.1) is 11.3 Å². The van der Waals surface area contributed by atoms with Crippen molar-refractivity contribution in [2.75, 3.05) is 25.8 Å². The van der Waals surface area contributed by atoms with E-state index in [4.69, 9.17) is 14.7 Å². The number of hydrogen-bond acceptors (Lipinski definition) is 5. The molecule has 0 fully saturated rings. The highest BCUT2D eigenvalue weighted by molar-refractivity contribution is 5.92. The third kappa shape index (κ3) is 5.29. The van der Waals surface area contributed by atoms with Crippen LogP contribution in [0.4, 0.5) is 5.69 Å². The van der Waals surface area contributed by atoms with Crippen molar-refractivity contribution in [3.8, 4) is 17.6 Å². The summed E-state index contributed by atoms with van der Waals surface area (Å²) in [6.07, 6.45) is 3.11. The summed E-state index contributed by atoms with van der Waals surface area (Å²) in [5, 5.41) is 10.2. The summed E-state index contributed by atoms with van der Waals surface area (Å²) in [6, 6.07) is 16.6. The Balaban J connectivity index is 2.01. The molecule has 1 amide bonds. The van der Waals surface area contributed by atoms with E-state index in [0.29, 0.717) is 11.5 Å². The smallest absolute Gasteiger partial charge is 0.262 e. The van der Waals surface area contributed by atoms with E-state index >= 15 is 0 Å². The molecule has 128 valence electrons. The number of hydrogen-bond donors (Lipinski definition) is 1. The number of methoxy groups -OCH3 is 1. The number of para-hydroxylation sites is 1. The van der Waals surface area contributed by atoms with Crippen LogP contribution in [0.2, 0.25) is 0 Å². The average molecular weight is 337 g/mol. The normalized spacial score (nSPS) is 10.1. The molecule has 0 radical (unpaired) electrons. The van der Waals surface area contributed by atoms with E-state index in [-0.39, 0.29) is 12.5 Å². The van der Waals surface area contributed by atoms with E-state index in [0.717, 1.165) is 11.3 Å². The number of hydrazine groups is 1. The molecule has 2 rings (SSSR count). The van der Waals surface area contributed by atoms with Crippen LogP contribution < -0.4 is 19.9 Å². The number of carbonyl (C=O) groups excluding carboxylic acids is 1. The lowest BCUT2D eigenvalue weighted by Gasteiger charge is -2.19. The van der Waals surface area contributed by atoms with Gasteiger partial charge in [-0.2, -0.15) is 5.26 Å². The molecule has 0 saturated heterocycles. The largest absolute Gasteiger partial charge is 0.493 e. The van der Waals surface area contributed by atoms with E-state index in [1.807, 2.05) is 36.4 Å². The van der Waals surface area contributed by atoms with E-state index in [1.165, 1.54) is 13.2 Å². The molecule has 0 spiro atoms. The zero-order valence-electron chi connectivity index (χ0n) is 14.1. The molecular weight excluding hydrogens is 318 g/mol. The quantitative estimate of drug-likeness (QED) is 0.621. The second-order valence-electron chi connectivity index (χ2n) is 5.06. The first-order chi connectivity index (χ1) is 12.1. The Hall–Kier alpha value is -3.46. The molecule has 0 aliphatic carbocycles. The van der Waals surface area contributed by atoms with Gasteiger partial charge in [0.25, 0.3) is 5.91 Å². The fraction of sp³-hybridized carbons (Fsp3) is 0.158. The van der Waals surface area contributed by atoms with E-state index in [2.05, 4.69) is 5.43 Å². The second kappa shape index (κ2) is 8.99. The van der Waals surface area contributed by atoms with Crippen LogP contribution in [0.1, 0.15) is 5.56 Å². The van der Waals surface area contributed by atoms with Gasteiger partial charge >= 0.3 is 0 Å². The van der Waals surface area contributed by atoms with Crippen molar-refractivity contribution in [2.24, 2.45) is 0 Å². The van der Waals surface area contributed by atoms with Crippen molar-refractivity contribution in [1.29, 1.82) is 5.26 Å². The highest BCUT2D eigenvalue weighted by Crippen LogP contribution is 2.28. The molecule has 0 unspecified atom stereocenters. The molecule has 0 aromatic heterocycles. The molecule has 2 aromatic rings. The first kappa shape index (κ1) is 17.9. The molecule has 0 aliphatic rings. The number of nitrogens with zero attached hydrogens (tertiary/aromatic N) is 2. The summed E-state index contributed by atoms with van der Waals surface area (Å²) < 4.78 is 10.5. The average Bonchev–Trinajstić information content (AvgIpc) is 2.65. The van der Waals surface area contributed by atoms with Crippen molar-refractivity contribution >= 4 is 17.7 Å². The number of benzene rings is 2. The minimum absolute atomic E-state index is 0.0558. The van der Waals surface area contributed by atoms with Crippen molar-refractivity contribution in [1.82, 2.24) is 5.43 Å². The van der Waals surface area contributed by atoms with Gasteiger partial charge in [0, 0.05) is 13.1 Å². The summed E-state index contributed by atoms with van der Waals surface area (Å²) in [7, 11) is 3.29. The molecule has 1 N–H and O–H groups in total. The topological polar surface area (TPSA) is 74.6 Å². The van der Waals surface area contributed by atoms with Crippen molar-refractivity contribution in [2.45, 2.75) is 0 Å². The van der Waals surface area contributed by atoms with Gasteiger partial charge in [-0.15, -0.1) is 0 Å². The third-order valence-electron chi connectivity index (χ3n) is 3.33. The van der Waals surface area contributed by atoms with Gasteiger partial charge in [-0.3, -0.25) is 15.2 Å². The van der Waals surface area contributed by atoms with Crippen molar-refractivity contribution in [3.63, 3.8) is 0 Å². The van der Waals surface area contributed by atoms with Crippen molar-refractivity contribution in [3.05, 3.63) is 60.2 Å². The zero-order chi connectivity index (χ0) is 18.1. The van der Waals surface area contributed by atoms with Crippen LogP contribution in [-0.4, -0.2) is 26.7 Å². The number of carbonyl (C=O) groups is 1. The Morgan fingerprint density at radius 2 is 2.00 bits per heavy atom. The third-order valence-corrected chi connectivity index (χ3v) is 3.33. The Bertz CT molecular complexity index is 782. The minimum Gasteiger partial charge on any atom is -0.493 e. The van der Waals surface area contributed by atoms with Crippen LogP contribution >= 0.6 is 0 Å². The summed E-state index contributed by atoms with van der Waals surface area (Å²) in [5.41, 5.74) is 4.41. The molecule has 2 aromatic carbocycles. The molecule has 0 aliphatic heterocycles. The first-order valence-electron chi connectivity index (χ1n) is 7.59. The molecular formula is C19H19N3O3. The fourth-order valence-electron chi connectivity index (χ4n) is 2.11. The molecule has 0 heterocycles. The Morgan fingerprint density at radius 3 is 2.68 bits per heavy atom. The predicted octanol–water partition coefficient (Wildman–Crippen LogP) is 2.78. The van der Waals surface area contributed by atoms with Gasteiger partial charge in [-0.1, -0.05) is 24.3 Å². The maximum atomic E-state index is 12.0. The van der Waals surface area contributed by atoms with E-state index < -0.39 is 0 Å². The Kier molecular flexibility index (Phi) is 6.43. The summed E-state index contributed by atoms with van der Waals surface area (Å²) >= 11 is 0. The van der Waals surface area contributed by atoms with Crippen LogP contribution in [0.25, 0.3) is 6.08 Å². The molecule has 0 atom stereocenters. The highest BCUT2D eigenvalue weighted by Gasteiger charge is 2.06. The number of ether oxygens (including phenoxy) is 2. The number of rotatable bonds is 7. The second-order valence-corrected chi connectivity index (χ2v) is 5.06. The molecule has 0 saturated carbocycles.